The normalized spacial score (nSPS) is 11.1. The lowest BCUT2D eigenvalue weighted by atomic mass is 10.3. The zero-order valence-electron chi connectivity index (χ0n) is 16.5. The number of rotatable bonds is 14. The monoisotopic (exact) mass is 472 g/mol. The van der Waals surface area contributed by atoms with E-state index in [9.17, 15) is 4.79 Å². The number of aromatic nitrogens is 4. The maximum atomic E-state index is 11.8. The number of amides is 1. The second-order valence-corrected chi connectivity index (χ2v) is 7.93. The smallest absolute Gasteiger partial charge is 0.220 e. The molecule has 28 heavy (non-hydrogen) atoms. The predicted octanol–water partition coefficient (Wildman–Crippen LogP) is 3.07. The third kappa shape index (κ3) is 7.21. The minimum Gasteiger partial charge on any atom is -0.380 e. The number of hydrogen-bond donors (Lipinski definition) is 2. The van der Waals surface area contributed by atoms with Gasteiger partial charge >= 0.3 is 0 Å². The van der Waals surface area contributed by atoms with Crippen molar-refractivity contribution < 1.29 is 9.53 Å². The van der Waals surface area contributed by atoms with E-state index in [0.717, 1.165) is 45.9 Å². The molecule has 0 spiro atoms. The van der Waals surface area contributed by atoms with Gasteiger partial charge in [-0.05, 0) is 19.8 Å². The summed E-state index contributed by atoms with van der Waals surface area (Å²) in [6.45, 7) is 7.18. The summed E-state index contributed by atoms with van der Waals surface area (Å²) >= 11 is 4.97. The summed E-state index contributed by atoms with van der Waals surface area (Å²) in [7, 11) is 0. The predicted molar refractivity (Wildman–Crippen MR) is 117 cm³/mol. The number of halogens is 1. The van der Waals surface area contributed by atoms with Crippen LogP contribution in [0.1, 0.15) is 33.1 Å². The topological polar surface area (TPSA) is 94.0 Å². The molecule has 10 heteroatoms. The Labute approximate surface area is 178 Å². The molecule has 0 aromatic carbocycles. The van der Waals surface area contributed by atoms with Crippen molar-refractivity contribution in [2.45, 2.75) is 44.8 Å². The van der Waals surface area contributed by atoms with E-state index in [2.05, 4.69) is 48.6 Å². The van der Waals surface area contributed by atoms with Gasteiger partial charge in [0, 0.05) is 37.2 Å². The number of nitrogens with zero attached hydrogens (tertiary/aromatic N) is 4. The van der Waals surface area contributed by atoms with Gasteiger partial charge in [-0.15, -0.1) is 0 Å². The molecular formula is C18H29BrN6O2S. The number of ether oxygens (including phenoxy) is 1. The number of fused-ring (bicyclic) bond motifs is 1. The van der Waals surface area contributed by atoms with Crippen LogP contribution in [-0.2, 0) is 16.1 Å². The highest BCUT2D eigenvalue weighted by molar-refractivity contribution is 9.09. The molecule has 0 radical (unpaired) electrons. The van der Waals surface area contributed by atoms with Gasteiger partial charge < -0.3 is 15.4 Å². The average Bonchev–Trinajstić information content (AvgIpc) is 3.11. The lowest BCUT2D eigenvalue weighted by Crippen LogP contribution is -2.27. The first-order chi connectivity index (χ1) is 13.7. The summed E-state index contributed by atoms with van der Waals surface area (Å²) in [5.74, 6) is 1.79. The molecule has 2 aromatic heterocycles. The Morgan fingerprint density at radius 2 is 2.18 bits per heavy atom. The summed E-state index contributed by atoms with van der Waals surface area (Å²) < 4.78 is 7.22. The molecule has 0 unspecified atom stereocenters. The summed E-state index contributed by atoms with van der Waals surface area (Å²) in [6.07, 6.45) is 4.19. The summed E-state index contributed by atoms with van der Waals surface area (Å²) in [6, 6.07) is 0. The molecular weight excluding hydrogens is 444 g/mol. The fourth-order valence-electron chi connectivity index (χ4n) is 2.49. The van der Waals surface area contributed by atoms with E-state index < -0.39 is 0 Å². The molecule has 156 valence electrons. The van der Waals surface area contributed by atoms with Crippen molar-refractivity contribution in [3.8, 4) is 0 Å². The van der Waals surface area contributed by atoms with Crippen LogP contribution in [-0.4, -0.2) is 63.0 Å². The van der Waals surface area contributed by atoms with Crippen LogP contribution in [0.3, 0.4) is 0 Å². The minimum atomic E-state index is 0.0583. The van der Waals surface area contributed by atoms with Crippen LogP contribution in [0.25, 0.3) is 11.0 Å². The van der Waals surface area contributed by atoms with Crippen LogP contribution in [0.5, 0.6) is 0 Å². The van der Waals surface area contributed by atoms with E-state index in [0.29, 0.717) is 39.3 Å². The molecule has 0 atom stereocenters. The summed E-state index contributed by atoms with van der Waals surface area (Å²) in [5, 5.41) is 13.2. The molecule has 0 fully saturated rings. The molecule has 0 aliphatic rings. The van der Waals surface area contributed by atoms with Gasteiger partial charge in [-0.1, -0.05) is 34.6 Å². The molecule has 0 aliphatic carbocycles. The lowest BCUT2D eigenvalue weighted by Gasteiger charge is -2.10. The number of nitrogens with one attached hydrogen (secondary N) is 2. The molecule has 2 heterocycles. The first kappa shape index (κ1) is 22.9. The first-order valence-electron chi connectivity index (χ1n) is 9.70. The number of alkyl halides is 1. The second kappa shape index (κ2) is 12.9. The Morgan fingerprint density at radius 1 is 1.32 bits per heavy atom. The van der Waals surface area contributed by atoms with Crippen LogP contribution in [0.15, 0.2) is 11.4 Å². The van der Waals surface area contributed by atoms with Gasteiger partial charge in [0.1, 0.15) is 5.82 Å². The van der Waals surface area contributed by atoms with Crippen LogP contribution in [0.4, 0.5) is 5.82 Å². The molecule has 0 saturated carbocycles. The van der Waals surface area contributed by atoms with Crippen LogP contribution < -0.4 is 10.6 Å². The Balaban J connectivity index is 2.10. The Kier molecular flexibility index (Phi) is 10.6. The Bertz CT molecular complexity index is 742. The van der Waals surface area contributed by atoms with Gasteiger partial charge in [0.15, 0.2) is 10.8 Å². The molecule has 1 amide bonds. The molecule has 8 nitrogen and oxygen atoms in total. The maximum absolute atomic E-state index is 11.8. The van der Waals surface area contributed by atoms with Crippen molar-refractivity contribution in [3.05, 3.63) is 6.20 Å². The number of anilines is 1. The van der Waals surface area contributed by atoms with Crippen molar-refractivity contribution in [1.82, 2.24) is 25.1 Å². The van der Waals surface area contributed by atoms with Gasteiger partial charge in [0.05, 0.1) is 24.7 Å². The molecule has 0 bridgehead atoms. The van der Waals surface area contributed by atoms with Crippen molar-refractivity contribution in [1.29, 1.82) is 0 Å². The third-order valence-corrected chi connectivity index (χ3v) is 5.45. The van der Waals surface area contributed by atoms with E-state index in [4.69, 9.17) is 4.74 Å². The van der Waals surface area contributed by atoms with E-state index >= 15 is 0 Å². The second-order valence-electron chi connectivity index (χ2n) is 6.07. The van der Waals surface area contributed by atoms with Gasteiger partial charge in [0.2, 0.25) is 5.91 Å². The van der Waals surface area contributed by atoms with E-state index in [-0.39, 0.29) is 5.91 Å². The average molecular weight is 473 g/mol. The highest BCUT2D eigenvalue weighted by atomic mass is 79.9. The van der Waals surface area contributed by atoms with Crippen molar-refractivity contribution in [2.24, 2.45) is 0 Å². The van der Waals surface area contributed by atoms with Crippen LogP contribution in [0.2, 0.25) is 0 Å². The molecule has 2 aromatic rings. The minimum absolute atomic E-state index is 0.0583. The largest absolute Gasteiger partial charge is 0.380 e. The Morgan fingerprint density at radius 3 is 2.93 bits per heavy atom. The molecule has 2 rings (SSSR count). The highest BCUT2D eigenvalue weighted by Gasteiger charge is 2.13. The maximum Gasteiger partial charge on any atom is 0.220 e. The summed E-state index contributed by atoms with van der Waals surface area (Å²) in [5.41, 5.74) is 0.780. The van der Waals surface area contributed by atoms with Crippen LogP contribution in [0, 0.1) is 0 Å². The summed E-state index contributed by atoms with van der Waals surface area (Å²) in [4.78, 5) is 21.1. The van der Waals surface area contributed by atoms with Gasteiger partial charge in [-0.25, -0.2) is 14.6 Å². The number of carbonyl (C=O) groups is 1. The van der Waals surface area contributed by atoms with E-state index in [1.807, 2.05) is 11.6 Å². The third-order valence-electron chi connectivity index (χ3n) is 3.84. The highest BCUT2D eigenvalue weighted by Crippen LogP contribution is 2.24. The first-order valence-corrected chi connectivity index (χ1v) is 11.8. The van der Waals surface area contributed by atoms with E-state index in [1.165, 1.54) is 0 Å². The zero-order chi connectivity index (χ0) is 20.2. The van der Waals surface area contributed by atoms with Crippen molar-refractivity contribution in [2.75, 3.05) is 42.7 Å². The van der Waals surface area contributed by atoms with Crippen molar-refractivity contribution in [3.63, 3.8) is 0 Å². The van der Waals surface area contributed by atoms with E-state index in [1.54, 1.807) is 18.0 Å². The Hall–Kier alpha value is -1.39. The van der Waals surface area contributed by atoms with Gasteiger partial charge in [0.25, 0.3) is 0 Å². The molecule has 0 aliphatic heterocycles. The molecule has 2 N–H and O–H groups in total. The van der Waals surface area contributed by atoms with Gasteiger partial charge in [-0.3, -0.25) is 4.79 Å². The number of hydrogen-bond acceptors (Lipinski definition) is 7. The molecule has 0 saturated heterocycles. The lowest BCUT2D eigenvalue weighted by molar-refractivity contribution is -0.121. The van der Waals surface area contributed by atoms with Gasteiger partial charge in [-0.2, -0.15) is 5.10 Å². The van der Waals surface area contributed by atoms with Crippen LogP contribution >= 0.6 is 27.7 Å². The van der Waals surface area contributed by atoms with Crippen molar-refractivity contribution >= 4 is 50.5 Å². The fraction of sp³-hybridized carbons (Fsp3) is 0.667. The zero-order valence-corrected chi connectivity index (χ0v) is 18.9. The number of thioether (sulfide) groups is 1. The number of carbonyl (C=O) groups excluding carboxylic acids is 1. The quantitative estimate of drug-likeness (QED) is 0.189. The SMILES string of the molecule is CCCSc1nc(NCCOCC)c2cnn(CCNC(=O)CCCBr)c2n1. The standard InChI is InChI=1S/C18H29BrN6O2S/c1-3-12-28-18-23-16(21-9-11-27-4-2)14-13-22-25(17(14)24-18)10-8-20-15(26)6-5-7-19/h13H,3-12H2,1-2H3,(H,20,26)(H,21,23,24). The fourth-order valence-corrected chi connectivity index (χ4v) is 3.47.